The molecule has 5 heteroatoms. The zero-order chi connectivity index (χ0) is 13.7. The summed E-state index contributed by atoms with van der Waals surface area (Å²) in [5.41, 5.74) is 3.19. The Bertz CT molecular complexity index is 659. The highest BCUT2D eigenvalue weighted by Crippen LogP contribution is 2.37. The van der Waals surface area contributed by atoms with Crippen LogP contribution in [0.1, 0.15) is 6.92 Å². The third kappa shape index (κ3) is 1.84. The summed E-state index contributed by atoms with van der Waals surface area (Å²) in [5, 5.41) is 3.51. The van der Waals surface area contributed by atoms with E-state index in [4.69, 9.17) is 0 Å². The minimum absolute atomic E-state index is 0.561. The molecule has 0 radical (unpaired) electrons. The van der Waals surface area contributed by atoms with Crippen molar-refractivity contribution in [1.82, 2.24) is 15.3 Å². The Kier molecular flexibility index (Phi) is 2.93. The number of anilines is 1. The van der Waals surface area contributed by atoms with Crippen LogP contribution in [-0.4, -0.2) is 35.6 Å². The smallest absolute Gasteiger partial charge is 0.112 e. The fourth-order valence-electron chi connectivity index (χ4n) is 3.71. The lowest BCUT2D eigenvalue weighted by atomic mass is 9.95. The van der Waals surface area contributed by atoms with E-state index in [-0.39, 0.29) is 0 Å². The van der Waals surface area contributed by atoms with Crippen LogP contribution < -0.4 is 10.2 Å². The zero-order valence-electron chi connectivity index (χ0n) is 11.4. The summed E-state index contributed by atoms with van der Waals surface area (Å²) in [7, 11) is 0. The second-order valence-electron chi connectivity index (χ2n) is 5.83. The monoisotopic (exact) mass is 332 g/mol. The lowest BCUT2D eigenvalue weighted by Crippen LogP contribution is -2.33. The highest BCUT2D eigenvalue weighted by atomic mass is 79.9. The van der Waals surface area contributed by atoms with Crippen LogP contribution in [0.25, 0.3) is 11.0 Å². The van der Waals surface area contributed by atoms with E-state index in [1.807, 2.05) is 18.5 Å². The molecule has 4 rings (SSSR count). The van der Waals surface area contributed by atoms with Gasteiger partial charge in [0.1, 0.15) is 5.52 Å². The summed E-state index contributed by atoms with van der Waals surface area (Å²) in [5.74, 6) is 1.53. The number of nitrogens with zero attached hydrogens (tertiary/aromatic N) is 3. The summed E-state index contributed by atoms with van der Waals surface area (Å²) < 4.78 is 0.977. The van der Waals surface area contributed by atoms with Gasteiger partial charge in [-0.3, -0.25) is 9.97 Å². The van der Waals surface area contributed by atoms with Crippen LogP contribution in [0.15, 0.2) is 29.0 Å². The molecule has 1 N–H and O–H groups in total. The number of fused-ring (bicyclic) bond motifs is 2. The quantitative estimate of drug-likeness (QED) is 0.870. The van der Waals surface area contributed by atoms with Gasteiger partial charge in [0.15, 0.2) is 0 Å². The zero-order valence-corrected chi connectivity index (χ0v) is 13.0. The molecule has 0 aromatic carbocycles. The van der Waals surface area contributed by atoms with Crippen molar-refractivity contribution in [2.75, 3.05) is 24.5 Å². The van der Waals surface area contributed by atoms with Gasteiger partial charge in [-0.05, 0) is 46.8 Å². The van der Waals surface area contributed by atoms with Crippen molar-refractivity contribution < 1.29 is 0 Å². The van der Waals surface area contributed by atoms with Crippen molar-refractivity contribution in [3.63, 3.8) is 0 Å². The largest absolute Gasteiger partial charge is 0.366 e. The number of hydrogen-bond donors (Lipinski definition) is 1. The van der Waals surface area contributed by atoms with Gasteiger partial charge >= 0.3 is 0 Å². The number of hydrogen-bond acceptors (Lipinski definition) is 4. The molecule has 2 aromatic heterocycles. The first kappa shape index (κ1) is 12.5. The van der Waals surface area contributed by atoms with E-state index in [0.29, 0.717) is 6.04 Å². The fraction of sp³-hybridized carbons (Fsp3) is 0.467. The number of rotatable bonds is 1. The predicted molar refractivity (Wildman–Crippen MR) is 83.9 cm³/mol. The summed E-state index contributed by atoms with van der Waals surface area (Å²) in [4.78, 5) is 11.5. The van der Waals surface area contributed by atoms with Crippen molar-refractivity contribution in [3.8, 4) is 0 Å². The molecule has 3 atom stereocenters. The van der Waals surface area contributed by atoms with E-state index in [1.54, 1.807) is 0 Å². The van der Waals surface area contributed by atoms with E-state index >= 15 is 0 Å². The molecule has 4 heterocycles. The van der Waals surface area contributed by atoms with Crippen molar-refractivity contribution in [3.05, 3.63) is 29.0 Å². The SMILES string of the molecule is CC1C2CNCC2CN1c1ccnc2cc(Br)cnc12. The summed E-state index contributed by atoms with van der Waals surface area (Å²) in [6.45, 7) is 5.75. The highest BCUT2D eigenvalue weighted by Gasteiger charge is 2.42. The predicted octanol–water partition coefficient (Wildman–Crippen LogP) is 2.44. The maximum Gasteiger partial charge on any atom is 0.112 e. The number of halogens is 1. The standard InChI is InChI=1S/C15H17BrN4/c1-9-12-7-17-5-10(12)8-20(9)14-2-3-18-13-4-11(16)6-19-15(13)14/h2-4,6,9-10,12,17H,5,7-8H2,1H3. The van der Waals surface area contributed by atoms with Gasteiger partial charge in [-0.2, -0.15) is 0 Å². The van der Waals surface area contributed by atoms with Gasteiger partial charge in [0, 0.05) is 42.5 Å². The van der Waals surface area contributed by atoms with Gasteiger partial charge in [-0.25, -0.2) is 0 Å². The molecule has 2 fully saturated rings. The summed E-state index contributed by atoms with van der Waals surface area (Å²) in [6, 6.07) is 4.70. The molecule has 104 valence electrons. The summed E-state index contributed by atoms with van der Waals surface area (Å²) in [6.07, 6.45) is 3.75. The maximum atomic E-state index is 4.59. The third-order valence-electron chi connectivity index (χ3n) is 4.77. The van der Waals surface area contributed by atoms with Gasteiger partial charge in [0.05, 0.1) is 11.2 Å². The van der Waals surface area contributed by atoms with Crippen LogP contribution in [0.2, 0.25) is 0 Å². The third-order valence-corrected chi connectivity index (χ3v) is 5.20. The average molecular weight is 333 g/mol. The van der Waals surface area contributed by atoms with Crippen LogP contribution in [0.5, 0.6) is 0 Å². The molecular weight excluding hydrogens is 316 g/mol. The lowest BCUT2D eigenvalue weighted by molar-refractivity contribution is 0.471. The Hall–Kier alpha value is -1.20. The van der Waals surface area contributed by atoms with Crippen LogP contribution in [-0.2, 0) is 0 Å². The van der Waals surface area contributed by atoms with Crippen molar-refractivity contribution >= 4 is 32.7 Å². The minimum atomic E-state index is 0.561. The molecule has 0 bridgehead atoms. The molecule has 0 aliphatic carbocycles. The Balaban J connectivity index is 1.79. The van der Waals surface area contributed by atoms with Crippen LogP contribution >= 0.6 is 15.9 Å². The topological polar surface area (TPSA) is 41.0 Å². The van der Waals surface area contributed by atoms with Gasteiger partial charge < -0.3 is 10.2 Å². The van der Waals surface area contributed by atoms with E-state index in [9.17, 15) is 0 Å². The van der Waals surface area contributed by atoms with Crippen molar-refractivity contribution in [1.29, 1.82) is 0 Å². The normalized spacial score (nSPS) is 29.1. The molecular formula is C15H17BrN4. The molecule has 0 spiro atoms. The van der Waals surface area contributed by atoms with Crippen molar-refractivity contribution in [2.45, 2.75) is 13.0 Å². The molecule has 0 amide bonds. The first-order valence-corrected chi connectivity index (χ1v) is 7.91. The minimum Gasteiger partial charge on any atom is -0.366 e. The molecule has 0 saturated carbocycles. The maximum absolute atomic E-state index is 4.59. The Morgan fingerprint density at radius 2 is 2.25 bits per heavy atom. The second-order valence-corrected chi connectivity index (χ2v) is 6.74. The van der Waals surface area contributed by atoms with E-state index in [0.717, 1.165) is 47.0 Å². The molecule has 2 aromatic rings. The highest BCUT2D eigenvalue weighted by molar-refractivity contribution is 9.10. The second kappa shape index (κ2) is 4.67. The van der Waals surface area contributed by atoms with Crippen molar-refractivity contribution in [2.24, 2.45) is 11.8 Å². The Labute approximate surface area is 126 Å². The van der Waals surface area contributed by atoms with Crippen LogP contribution in [0.3, 0.4) is 0 Å². The number of aromatic nitrogens is 2. The molecule has 3 unspecified atom stereocenters. The summed E-state index contributed by atoms with van der Waals surface area (Å²) >= 11 is 3.47. The first-order valence-electron chi connectivity index (χ1n) is 7.11. The van der Waals surface area contributed by atoms with E-state index in [2.05, 4.69) is 49.1 Å². The number of pyridine rings is 2. The first-order chi connectivity index (χ1) is 9.74. The Morgan fingerprint density at radius 1 is 1.35 bits per heavy atom. The average Bonchev–Trinajstić information content (AvgIpc) is 3.01. The van der Waals surface area contributed by atoms with Gasteiger partial charge in [-0.1, -0.05) is 0 Å². The van der Waals surface area contributed by atoms with Gasteiger partial charge in [0.25, 0.3) is 0 Å². The number of nitrogens with one attached hydrogen (secondary N) is 1. The molecule has 4 nitrogen and oxygen atoms in total. The van der Waals surface area contributed by atoms with E-state index in [1.165, 1.54) is 5.69 Å². The van der Waals surface area contributed by atoms with Gasteiger partial charge in [0.2, 0.25) is 0 Å². The molecule has 2 aliphatic heterocycles. The van der Waals surface area contributed by atoms with Gasteiger partial charge in [-0.15, -0.1) is 0 Å². The molecule has 2 aliphatic rings. The fourth-order valence-corrected chi connectivity index (χ4v) is 4.03. The Morgan fingerprint density at radius 3 is 3.10 bits per heavy atom. The van der Waals surface area contributed by atoms with Crippen LogP contribution in [0.4, 0.5) is 5.69 Å². The molecule has 2 saturated heterocycles. The lowest BCUT2D eigenvalue weighted by Gasteiger charge is -2.27. The van der Waals surface area contributed by atoms with E-state index < -0.39 is 0 Å². The molecule has 20 heavy (non-hydrogen) atoms. The van der Waals surface area contributed by atoms with Crippen LogP contribution in [0, 0.1) is 11.8 Å².